The molecule has 154 valence electrons. The van der Waals surface area contributed by atoms with Crippen molar-refractivity contribution in [1.82, 2.24) is 0 Å². The lowest BCUT2D eigenvalue weighted by molar-refractivity contribution is 0.395. The fourth-order valence-corrected chi connectivity index (χ4v) is 3.70. The second-order valence-corrected chi connectivity index (χ2v) is 8.44. The van der Waals surface area contributed by atoms with Gasteiger partial charge in [0.05, 0.1) is 0 Å². The number of para-hydroxylation sites is 1. The molecule has 0 aliphatic carbocycles. The fraction of sp³-hybridized carbons (Fsp3) is 0.455. The van der Waals surface area contributed by atoms with E-state index in [2.05, 4.69) is 6.92 Å². The molecule has 0 saturated heterocycles. The average Bonchev–Trinajstić information content (AvgIpc) is 2.66. The Morgan fingerprint density at radius 2 is 1.46 bits per heavy atom. The van der Waals surface area contributed by atoms with E-state index in [9.17, 15) is 13.5 Å². The van der Waals surface area contributed by atoms with Crippen LogP contribution in [0.2, 0.25) is 0 Å². The van der Waals surface area contributed by atoms with E-state index in [0.29, 0.717) is 5.75 Å². The zero-order chi connectivity index (χ0) is 20.4. The quantitative estimate of drug-likeness (QED) is 0.328. The summed E-state index contributed by atoms with van der Waals surface area (Å²) in [5.74, 6) is -0.138. The second-order valence-electron chi connectivity index (χ2n) is 7.05. The van der Waals surface area contributed by atoms with Crippen LogP contribution in [-0.2, 0) is 16.5 Å². The Morgan fingerprint density at radius 1 is 0.857 bits per heavy atom. The van der Waals surface area contributed by atoms with Crippen molar-refractivity contribution in [2.45, 2.75) is 69.6 Å². The molecule has 0 fully saturated rings. The van der Waals surface area contributed by atoms with Crippen molar-refractivity contribution in [3.05, 3.63) is 48.0 Å². The Hall–Kier alpha value is -2.05. The third-order valence-corrected chi connectivity index (χ3v) is 5.60. The van der Waals surface area contributed by atoms with Gasteiger partial charge in [0.1, 0.15) is 10.6 Å². The van der Waals surface area contributed by atoms with Crippen LogP contribution in [0.15, 0.2) is 47.4 Å². The van der Waals surface area contributed by atoms with Crippen molar-refractivity contribution in [2.24, 2.45) is 0 Å². The highest BCUT2D eigenvalue weighted by molar-refractivity contribution is 7.86. The van der Waals surface area contributed by atoms with Crippen molar-refractivity contribution in [1.29, 1.82) is 0 Å². The van der Waals surface area contributed by atoms with Crippen LogP contribution in [0.3, 0.4) is 0 Å². The molecule has 0 aliphatic rings. The summed E-state index contributed by atoms with van der Waals surface area (Å²) in [5, 5.41) is 10.0. The molecule has 0 spiro atoms. The summed E-state index contributed by atoms with van der Waals surface area (Å²) in [7, 11) is -4.51. The third-order valence-electron chi connectivity index (χ3n) is 4.71. The van der Waals surface area contributed by atoms with E-state index >= 15 is 0 Å². The predicted octanol–water partition coefficient (Wildman–Crippen LogP) is 6.11. The maximum atomic E-state index is 11.3. The summed E-state index contributed by atoms with van der Waals surface area (Å²) in [6.45, 7) is 2.23. The van der Waals surface area contributed by atoms with Crippen molar-refractivity contribution >= 4 is 10.1 Å². The third kappa shape index (κ3) is 7.17. The van der Waals surface area contributed by atoms with Crippen LogP contribution in [0.25, 0.3) is 0 Å². The van der Waals surface area contributed by atoms with E-state index in [0.717, 1.165) is 18.9 Å². The Kier molecular flexibility index (Phi) is 8.80. The van der Waals surface area contributed by atoms with Crippen molar-refractivity contribution < 1.29 is 22.8 Å². The first-order chi connectivity index (χ1) is 13.4. The molecule has 0 atom stereocenters. The molecule has 0 aromatic heterocycles. The monoisotopic (exact) mass is 406 g/mol. The SMILES string of the molecule is CCCCCCCCCCc1ccc(Oc2cccc(S(=O)(=O)O)c2O)cc1. The molecule has 0 bridgehead atoms. The Morgan fingerprint density at radius 3 is 2.07 bits per heavy atom. The summed E-state index contributed by atoms with van der Waals surface area (Å²) < 4.78 is 37.2. The molecular formula is C22H30O5S. The maximum Gasteiger partial charge on any atom is 0.298 e. The van der Waals surface area contributed by atoms with Crippen molar-refractivity contribution in [3.63, 3.8) is 0 Å². The van der Waals surface area contributed by atoms with Gasteiger partial charge in [-0.2, -0.15) is 8.42 Å². The molecule has 2 N–H and O–H groups in total. The van der Waals surface area contributed by atoms with Gasteiger partial charge in [0.15, 0.2) is 11.5 Å². The minimum absolute atomic E-state index is 0.0223. The smallest absolute Gasteiger partial charge is 0.298 e. The van der Waals surface area contributed by atoms with E-state index < -0.39 is 20.8 Å². The minimum Gasteiger partial charge on any atom is -0.503 e. The number of ether oxygens (including phenoxy) is 1. The van der Waals surface area contributed by atoms with Gasteiger partial charge < -0.3 is 9.84 Å². The van der Waals surface area contributed by atoms with E-state index in [1.165, 1.54) is 62.6 Å². The van der Waals surface area contributed by atoms with Crippen molar-refractivity contribution in [3.8, 4) is 17.2 Å². The molecule has 0 heterocycles. The number of phenolic OH excluding ortho intramolecular Hbond substituents is 1. The largest absolute Gasteiger partial charge is 0.503 e. The molecule has 6 heteroatoms. The number of unbranched alkanes of at least 4 members (excludes halogenated alkanes) is 7. The first kappa shape index (κ1) is 22.2. The van der Waals surface area contributed by atoms with Crippen LogP contribution in [0.1, 0.15) is 63.9 Å². The van der Waals surface area contributed by atoms with Crippen LogP contribution in [-0.4, -0.2) is 18.1 Å². The average molecular weight is 407 g/mol. The van der Waals surface area contributed by atoms with Crippen LogP contribution in [0.5, 0.6) is 17.2 Å². The van der Waals surface area contributed by atoms with Gasteiger partial charge in [-0.05, 0) is 42.7 Å². The standard InChI is InChI=1S/C22H30O5S/c1-2-3-4-5-6-7-8-9-11-18-14-16-19(17-15-18)27-20-12-10-13-21(22(20)23)28(24,25)26/h10,12-17,23H,2-9,11H2,1H3,(H,24,25,26). The zero-order valence-corrected chi connectivity index (χ0v) is 17.2. The molecule has 28 heavy (non-hydrogen) atoms. The lowest BCUT2D eigenvalue weighted by atomic mass is 10.0. The summed E-state index contributed by atoms with van der Waals surface area (Å²) in [4.78, 5) is -0.573. The number of aryl methyl sites for hydroxylation is 1. The molecule has 0 unspecified atom stereocenters. The van der Waals surface area contributed by atoms with Crippen molar-refractivity contribution in [2.75, 3.05) is 0 Å². The first-order valence-corrected chi connectivity index (χ1v) is 11.4. The number of hydrogen-bond acceptors (Lipinski definition) is 4. The molecule has 5 nitrogen and oxygen atoms in total. The summed E-state index contributed by atoms with van der Waals surface area (Å²) in [6.07, 6.45) is 11.3. The number of hydrogen-bond donors (Lipinski definition) is 2. The van der Waals surface area contributed by atoms with Gasteiger partial charge in [-0.15, -0.1) is 0 Å². The number of benzene rings is 2. The normalized spacial score (nSPS) is 11.5. The molecule has 0 amide bonds. The highest BCUT2D eigenvalue weighted by Gasteiger charge is 2.19. The van der Waals surface area contributed by atoms with Crippen LogP contribution in [0, 0.1) is 0 Å². The number of phenols is 1. The predicted molar refractivity (Wildman–Crippen MR) is 111 cm³/mol. The van der Waals surface area contributed by atoms with Gasteiger partial charge in [-0.1, -0.05) is 70.1 Å². The fourth-order valence-electron chi connectivity index (χ4n) is 3.11. The number of rotatable bonds is 12. The van der Waals surface area contributed by atoms with E-state index in [4.69, 9.17) is 9.29 Å². The summed E-state index contributed by atoms with van der Waals surface area (Å²) in [6, 6.07) is 11.5. The molecule has 2 aromatic carbocycles. The van der Waals surface area contributed by atoms with Gasteiger partial charge in [0.2, 0.25) is 0 Å². The Balaban J connectivity index is 1.82. The highest BCUT2D eigenvalue weighted by Crippen LogP contribution is 2.35. The molecule has 0 aliphatic heterocycles. The van der Waals surface area contributed by atoms with Gasteiger partial charge >= 0.3 is 0 Å². The summed E-state index contributed by atoms with van der Waals surface area (Å²) >= 11 is 0. The molecule has 0 saturated carbocycles. The lowest BCUT2D eigenvalue weighted by Crippen LogP contribution is -1.99. The Bertz CT molecular complexity index is 829. The van der Waals surface area contributed by atoms with Crippen LogP contribution in [0.4, 0.5) is 0 Å². The van der Waals surface area contributed by atoms with E-state index in [-0.39, 0.29) is 5.75 Å². The second kappa shape index (κ2) is 11.1. The summed E-state index contributed by atoms with van der Waals surface area (Å²) in [5.41, 5.74) is 1.22. The van der Waals surface area contributed by atoms with Crippen LogP contribution < -0.4 is 4.74 Å². The number of aromatic hydroxyl groups is 1. The van der Waals surface area contributed by atoms with Gasteiger partial charge in [-0.3, -0.25) is 4.55 Å². The highest BCUT2D eigenvalue weighted by atomic mass is 32.2. The first-order valence-electron chi connectivity index (χ1n) is 9.98. The van der Waals surface area contributed by atoms with Gasteiger partial charge in [0.25, 0.3) is 10.1 Å². The maximum absolute atomic E-state index is 11.3. The molecule has 0 radical (unpaired) electrons. The molecular weight excluding hydrogens is 376 g/mol. The van der Waals surface area contributed by atoms with Gasteiger partial charge in [-0.25, -0.2) is 0 Å². The van der Waals surface area contributed by atoms with E-state index in [1.807, 2.05) is 12.1 Å². The Labute approximate surface area is 168 Å². The van der Waals surface area contributed by atoms with Gasteiger partial charge in [0, 0.05) is 0 Å². The van der Waals surface area contributed by atoms with E-state index in [1.54, 1.807) is 12.1 Å². The topological polar surface area (TPSA) is 83.8 Å². The minimum atomic E-state index is -4.51. The van der Waals surface area contributed by atoms with Crippen LogP contribution >= 0.6 is 0 Å². The lowest BCUT2D eigenvalue weighted by Gasteiger charge is -2.10. The molecule has 2 aromatic rings. The molecule has 2 rings (SSSR count). The zero-order valence-electron chi connectivity index (χ0n) is 16.4.